The van der Waals surface area contributed by atoms with Crippen molar-refractivity contribution in [2.75, 3.05) is 7.05 Å². The number of benzene rings is 1. The Bertz CT molecular complexity index is 948. The molecule has 1 aliphatic heterocycles. The van der Waals surface area contributed by atoms with Crippen molar-refractivity contribution in [3.8, 4) is 0 Å². The first-order valence-electron chi connectivity index (χ1n) is 8.14. The number of carbonyl (C=O) groups excluding carboxylic acids is 2. The van der Waals surface area contributed by atoms with E-state index in [2.05, 4.69) is 5.32 Å². The van der Waals surface area contributed by atoms with Crippen LogP contribution in [0.25, 0.3) is 0 Å². The lowest BCUT2D eigenvalue weighted by atomic mass is 9.78. The van der Waals surface area contributed by atoms with E-state index in [9.17, 15) is 38.0 Å². The molecule has 154 valence electrons. The zero-order chi connectivity index (χ0) is 21.6. The number of halogens is 3. The Morgan fingerprint density at radius 2 is 1.93 bits per heavy atom. The number of thiophene rings is 1. The molecule has 1 saturated heterocycles. The maximum absolute atomic E-state index is 14.0. The fourth-order valence-corrected chi connectivity index (χ4v) is 3.96. The van der Waals surface area contributed by atoms with Gasteiger partial charge in [-0.1, -0.05) is 18.2 Å². The second-order valence-corrected chi connectivity index (χ2v) is 7.33. The van der Waals surface area contributed by atoms with Crippen LogP contribution >= 0.6 is 11.3 Å². The SMILES string of the molecule is CN1C(=O)N[C@H](c2ccc([N+](=O)[O-])cc2)[C@@H](C(=O)c2cccs2)[C@]1(O)C(F)(F)F. The first-order valence-corrected chi connectivity index (χ1v) is 9.02. The number of non-ortho nitro benzene ring substituents is 1. The summed E-state index contributed by atoms with van der Waals surface area (Å²) in [5.74, 6) is -3.17. The van der Waals surface area contributed by atoms with Crippen LogP contribution in [0, 0.1) is 16.0 Å². The number of nitrogens with one attached hydrogen (secondary N) is 1. The molecule has 0 unspecified atom stereocenters. The molecule has 3 rings (SSSR count). The molecule has 2 N–H and O–H groups in total. The van der Waals surface area contributed by atoms with Crippen molar-refractivity contribution in [2.24, 2.45) is 5.92 Å². The van der Waals surface area contributed by atoms with Crippen molar-refractivity contribution >= 4 is 28.8 Å². The smallest absolute Gasteiger partial charge is 0.363 e. The van der Waals surface area contributed by atoms with E-state index in [0.29, 0.717) is 0 Å². The van der Waals surface area contributed by atoms with E-state index in [1.807, 2.05) is 0 Å². The quantitative estimate of drug-likeness (QED) is 0.441. The Kier molecular flexibility index (Phi) is 5.09. The minimum atomic E-state index is -5.35. The Morgan fingerprint density at radius 1 is 1.31 bits per heavy atom. The average Bonchev–Trinajstić information content (AvgIpc) is 3.19. The van der Waals surface area contributed by atoms with Gasteiger partial charge in [0.2, 0.25) is 0 Å². The average molecular weight is 429 g/mol. The molecule has 1 aromatic heterocycles. The number of hydrogen-bond acceptors (Lipinski definition) is 6. The zero-order valence-corrected chi connectivity index (χ0v) is 15.5. The normalized spacial score (nSPS) is 24.9. The van der Waals surface area contributed by atoms with Gasteiger partial charge in [-0.2, -0.15) is 13.2 Å². The minimum absolute atomic E-state index is 0.00892. The third kappa shape index (κ3) is 3.34. The molecule has 29 heavy (non-hydrogen) atoms. The van der Waals surface area contributed by atoms with E-state index in [4.69, 9.17) is 0 Å². The molecule has 8 nitrogen and oxygen atoms in total. The molecule has 1 fully saturated rings. The van der Waals surface area contributed by atoms with Gasteiger partial charge in [-0.15, -0.1) is 11.3 Å². The second-order valence-electron chi connectivity index (χ2n) is 6.38. The topological polar surface area (TPSA) is 113 Å². The van der Waals surface area contributed by atoms with E-state index in [0.717, 1.165) is 42.6 Å². The van der Waals surface area contributed by atoms with Crippen LogP contribution in [0.2, 0.25) is 0 Å². The molecule has 2 heterocycles. The summed E-state index contributed by atoms with van der Waals surface area (Å²) in [6.45, 7) is 0. The maximum Gasteiger partial charge on any atom is 0.437 e. The largest absolute Gasteiger partial charge is 0.437 e. The molecule has 1 aromatic carbocycles. The molecule has 0 bridgehead atoms. The lowest BCUT2D eigenvalue weighted by Gasteiger charge is -2.49. The summed E-state index contributed by atoms with van der Waals surface area (Å²) >= 11 is 0.893. The maximum atomic E-state index is 14.0. The Balaban J connectivity index is 2.17. The van der Waals surface area contributed by atoms with Crippen molar-refractivity contribution in [3.63, 3.8) is 0 Å². The van der Waals surface area contributed by atoms with Crippen LogP contribution in [0.5, 0.6) is 0 Å². The predicted octanol–water partition coefficient (Wildman–Crippen LogP) is 3.10. The number of hydrogen-bond donors (Lipinski definition) is 2. The van der Waals surface area contributed by atoms with Gasteiger partial charge in [-0.25, -0.2) is 4.79 Å². The third-order valence-electron chi connectivity index (χ3n) is 4.79. The molecule has 12 heteroatoms. The van der Waals surface area contributed by atoms with Gasteiger partial charge in [-0.3, -0.25) is 19.8 Å². The Hall–Kier alpha value is -2.99. The number of rotatable bonds is 4. The number of alkyl halides is 3. The monoisotopic (exact) mass is 429 g/mol. The van der Waals surface area contributed by atoms with E-state index < -0.39 is 40.6 Å². The van der Waals surface area contributed by atoms with Gasteiger partial charge in [0.15, 0.2) is 5.78 Å². The predicted molar refractivity (Wildman–Crippen MR) is 95.3 cm³/mol. The molecule has 2 aromatic rings. The highest BCUT2D eigenvalue weighted by molar-refractivity contribution is 7.12. The fourth-order valence-electron chi connectivity index (χ4n) is 3.26. The first kappa shape index (κ1) is 20.7. The van der Waals surface area contributed by atoms with Crippen LogP contribution in [-0.4, -0.2) is 45.7 Å². The van der Waals surface area contributed by atoms with E-state index in [1.54, 1.807) is 0 Å². The molecular weight excluding hydrogens is 415 g/mol. The van der Waals surface area contributed by atoms with Crippen LogP contribution in [0.3, 0.4) is 0 Å². The molecule has 2 amide bonds. The summed E-state index contributed by atoms with van der Waals surface area (Å²) in [5.41, 5.74) is -4.10. The summed E-state index contributed by atoms with van der Waals surface area (Å²) in [5, 5.41) is 25.3. The molecule has 0 radical (unpaired) electrons. The number of urea groups is 1. The van der Waals surface area contributed by atoms with E-state index in [-0.39, 0.29) is 21.0 Å². The number of aliphatic hydroxyl groups is 1. The Morgan fingerprint density at radius 3 is 2.41 bits per heavy atom. The molecule has 3 atom stereocenters. The van der Waals surface area contributed by atoms with Gasteiger partial charge in [-0.05, 0) is 17.0 Å². The second kappa shape index (κ2) is 7.12. The van der Waals surface area contributed by atoms with Crippen LogP contribution in [0.4, 0.5) is 23.7 Å². The summed E-state index contributed by atoms with van der Waals surface area (Å²) in [4.78, 5) is 35.4. The number of carbonyl (C=O) groups is 2. The number of nitrogens with zero attached hydrogens (tertiary/aromatic N) is 2. The van der Waals surface area contributed by atoms with E-state index in [1.165, 1.54) is 17.5 Å². The van der Waals surface area contributed by atoms with Crippen LogP contribution in [0.15, 0.2) is 41.8 Å². The minimum Gasteiger partial charge on any atom is -0.363 e. The summed E-state index contributed by atoms with van der Waals surface area (Å²) in [7, 11) is 0.740. The standard InChI is InChI=1S/C17H14F3N3O5S/c1-22-15(25)21-13(9-4-6-10(7-5-9)23(27)28)12(16(22,26)17(18,19)20)14(24)11-3-2-8-29-11/h2-8,12-13,26H,1H3,(H,21,25)/t12-,13+,16-/m0/s1. The number of nitro benzene ring substituents is 1. The van der Waals surface area contributed by atoms with Crippen molar-refractivity contribution < 1.29 is 32.8 Å². The van der Waals surface area contributed by atoms with Gasteiger partial charge in [0.25, 0.3) is 11.4 Å². The summed E-state index contributed by atoms with van der Waals surface area (Å²) in [6, 6.07) is 4.32. The summed E-state index contributed by atoms with van der Waals surface area (Å²) < 4.78 is 41.9. The fraction of sp³-hybridized carbons (Fsp3) is 0.294. The molecule has 0 aliphatic carbocycles. The number of ketones is 1. The Labute approximate surface area is 165 Å². The van der Waals surface area contributed by atoms with Crippen molar-refractivity contribution in [1.82, 2.24) is 10.2 Å². The van der Waals surface area contributed by atoms with Gasteiger partial charge in [0, 0.05) is 19.2 Å². The number of amides is 2. The van der Waals surface area contributed by atoms with Crippen LogP contribution < -0.4 is 5.32 Å². The highest BCUT2D eigenvalue weighted by Gasteiger charge is 2.69. The molecule has 1 aliphatic rings. The molecule has 0 saturated carbocycles. The zero-order valence-electron chi connectivity index (χ0n) is 14.7. The first-order chi connectivity index (χ1) is 13.5. The van der Waals surface area contributed by atoms with Gasteiger partial charge >= 0.3 is 12.2 Å². The van der Waals surface area contributed by atoms with Crippen LogP contribution in [0.1, 0.15) is 21.3 Å². The van der Waals surface area contributed by atoms with Gasteiger partial charge in [0.1, 0.15) is 5.92 Å². The highest BCUT2D eigenvalue weighted by atomic mass is 32.1. The molecular formula is C17H14F3N3O5S. The van der Waals surface area contributed by atoms with Crippen molar-refractivity contribution in [1.29, 1.82) is 0 Å². The third-order valence-corrected chi connectivity index (χ3v) is 5.67. The lowest BCUT2D eigenvalue weighted by molar-refractivity contribution is -0.384. The number of nitro groups is 1. The van der Waals surface area contributed by atoms with Gasteiger partial charge < -0.3 is 10.4 Å². The van der Waals surface area contributed by atoms with Crippen LogP contribution in [-0.2, 0) is 0 Å². The van der Waals surface area contributed by atoms with Crippen molar-refractivity contribution in [3.05, 3.63) is 62.3 Å². The van der Waals surface area contributed by atoms with E-state index >= 15 is 0 Å². The van der Waals surface area contributed by atoms with Crippen molar-refractivity contribution in [2.45, 2.75) is 17.9 Å². The lowest BCUT2D eigenvalue weighted by Crippen LogP contribution is -2.72. The van der Waals surface area contributed by atoms with Gasteiger partial charge in [0.05, 0.1) is 15.8 Å². The highest BCUT2D eigenvalue weighted by Crippen LogP contribution is 2.47. The molecule has 0 spiro atoms. The number of Topliss-reactive ketones (excluding diaryl/α,β-unsaturated/α-hetero) is 1. The summed E-state index contributed by atoms with van der Waals surface area (Å²) in [6.07, 6.45) is -5.35.